The molecule has 0 aliphatic rings. The number of carbonyl (C=O) groups is 1. The molecule has 0 saturated heterocycles. The molecular weight excluding hydrogens is 292 g/mol. The summed E-state index contributed by atoms with van der Waals surface area (Å²) in [5.41, 5.74) is 0.897. The van der Waals surface area contributed by atoms with Crippen molar-refractivity contribution < 1.29 is 18.3 Å². The highest BCUT2D eigenvalue weighted by atomic mass is 32.2. The van der Waals surface area contributed by atoms with Crippen molar-refractivity contribution in [2.24, 2.45) is 0 Å². The van der Waals surface area contributed by atoms with Crippen LogP contribution in [0.4, 0.5) is 5.00 Å². The molecule has 2 aromatic rings. The van der Waals surface area contributed by atoms with E-state index in [0.717, 1.165) is 23.7 Å². The number of carboxylic acid groups (broad SMARTS) is 1. The van der Waals surface area contributed by atoms with Crippen LogP contribution < -0.4 is 4.72 Å². The van der Waals surface area contributed by atoms with Crippen molar-refractivity contribution in [2.45, 2.75) is 11.8 Å². The summed E-state index contributed by atoms with van der Waals surface area (Å²) in [5, 5.41) is 8.78. The van der Waals surface area contributed by atoms with Gasteiger partial charge in [-0.3, -0.25) is 4.72 Å². The van der Waals surface area contributed by atoms with Gasteiger partial charge in [0.2, 0.25) is 0 Å². The van der Waals surface area contributed by atoms with E-state index in [9.17, 15) is 13.2 Å². The fourth-order valence-corrected chi connectivity index (χ4v) is 3.05. The van der Waals surface area contributed by atoms with Crippen LogP contribution >= 0.6 is 11.3 Å². The smallest absolute Gasteiger partial charge is 0.357 e. The molecule has 0 atom stereocenters. The number of aromatic carboxylic acids is 1. The maximum atomic E-state index is 12.0. The first-order valence-electron chi connectivity index (χ1n) is 4.88. The van der Waals surface area contributed by atoms with E-state index in [0.29, 0.717) is 5.82 Å². The molecular formula is C9H8N4O4S2. The first kappa shape index (κ1) is 13.4. The van der Waals surface area contributed by atoms with Gasteiger partial charge in [0, 0.05) is 0 Å². The Morgan fingerprint density at radius 3 is 2.53 bits per heavy atom. The molecule has 2 aromatic heterocycles. The SMILES string of the molecule is Cc1ncc(S(=O)(=O)Nc2scnc2C(=O)O)cn1. The average molecular weight is 300 g/mol. The summed E-state index contributed by atoms with van der Waals surface area (Å²) in [4.78, 5) is 21.8. The third kappa shape index (κ3) is 2.85. The molecule has 0 aliphatic carbocycles. The van der Waals surface area contributed by atoms with Crippen molar-refractivity contribution in [3.05, 3.63) is 29.4 Å². The molecule has 0 aromatic carbocycles. The highest BCUT2D eigenvalue weighted by molar-refractivity contribution is 7.93. The van der Waals surface area contributed by atoms with Gasteiger partial charge in [0.15, 0.2) is 5.69 Å². The number of anilines is 1. The number of hydrogen-bond acceptors (Lipinski definition) is 7. The highest BCUT2D eigenvalue weighted by Gasteiger charge is 2.21. The van der Waals surface area contributed by atoms with Crippen LogP contribution in [0.2, 0.25) is 0 Å². The topological polar surface area (TPSA) is 122 Å². The molecule has 2 rings (SSSR count). The number of rotatable bonds is 4. The average Bonchev–Trinajstić information content (AvgIpc) is 2.77. The molecule has 0 aliphatic heterocycles. The second-order valence-electron chi connectivity index (χ2n) is 3.41. The standard InChI is InChI=1S/C9H8N4O4S2/c1-5-10-2-6(3-11-5)19(16,17)13-8-7(9(14)15)12-4-18-8/h2-4,13H,1H3,(H,14,15). The maximum Gasteiger partial charge on any atom is 0.357 e. The largest absolute Gasteiger partial charge is 0.476 e. The molecule has 0 spiro atoms. The van der Waals surface area contributed by atoms with Crippen molar-refractivity contribution in [3.8, 4) is 0 Å². The van der Waals surface area contributed by atoms with Crippen LogP contribution in [0, 0.1) is 6.92 Å². The number of nitrogens with one attached hydrogen (secondary N) is 1. The second-order valence-corrected chi connectivity index (χ2v) is 5.94. The molecule has 0 amide bonds. The highest BCUT2D eigenvalue weighted by Crippen LogP contribution is 2.23. The van der Waals surface area contributed by atoms with Crippen molar-refractivity contribution in [1.82, 2.24) is 15.0 Å². The molecule has 0 bridgehead atoms. The van der Waals surface area contributed by atoms with E-state index in [2.05, 4.69) is 19.7 Å². The van der Waals surface area contributed by atoms with Gasteiger partial charge in [-0.15, -0.1) is 11.3 Å². The zero-order valence-corrected chi connectivity index (χ0v) is 11.2. The van der Waals surface area contributed by atoms with E-state index in [1.165, 1.54) is 5.51 Å². The molecule has 8 nitrogen and oxygen atoms in total. The van der Waals surface area contributed by atoms with Crippen molar-refractivity contribution >= 4 is 32.3 Å². The summed E-state index contributed by atoms with van der Waals surface area (Å²) >= 11 is 0.880. The van der Waals surface area contributed by atoms with Gasteiger partial charge in [-0.05, 0) is 6.92 Å². The Morgan fingerprint density at radius 1 is 1.32 bits per heavy atom. The lowest BCUT2D eigenvalue weighted by atomic mass is 10.5. The number of aryl methyl sites for hydroxylation is 1. The van der Waals surface area contributed by atoms with E-state index >= 15 is 0 Å². The maximum absolute atomic E-state index is 12.0. The van der Waals surface area contributed by atoms with Crippen LogP contribution in [-0.2, 0) is 10.0 Å². The molecule has 0 fully saturated rings. The van der Waals surface area contributed by atoms with Gasteiger partial charge in [-0.1, -0.05) is 0 Å². The predicted molar refractivity (Wildman–Crippen MR) is 66.7 cm³/mol. The van der Waals surface area contributed by atoms with Crippen LogP contribution in [0.5, 0.6) is 0 Å². The lowest BCUT2D eigenvalue weighted by Gasteiger charge is -2.05. The molecule has 0 radical (unpaired) electrons. The van der Waals surface area contributed by atoms with Gasteiger partial charge in [0.1, 0.15) is 15.7 Å². The monoisotopic (exact) mass is 300 g/mol. The van der Waals surface area contributed by atoms with Gasteiger partial charge in [-0.2, -0.15) is 0 Å². The number of sulfonamides is 1. The molecule has 0 unspecified atom stereocenters. The van der Waals surface area contributed by atoms with E-state index in [1.54, 1.807) is 6.92 Å². The molecule has 0 saturated carbocycles. The number of carboxylic acids is 1. The Bertz CT molecular complexity index is 708. The minimum atomic E-state index is -3.92. The molecule has 2 N–H and O–H groups in total. The molecule has 2 heterocycles. The Morgan fingerprint density at radius 2 is 1.95 bits per heavy atom. The first-order valence-corrected chi connectivity index (χ1v) is 7.24. The summed E-state index contributed by atoms with van der Waals surface area (Å²) in [6.45, 7) is 1.62. The number of hydrogen-bond donors (Lipinski definition) is 2. The Kier molecular flexibility index (Phi) is 3.44. The summed E-state index contributed by atoms with van der Waals surface area (Å²) < 4.78 is 26.1. The van der Waals surface area contributed by atoms with Crippen LogP contribution in [0.25, 0.3) is 0 Å². The van der Waals surface area contributed by atoms with E-state index in [-0.39, 0.29) is 15.6 Å². The fourth-order valence-electron chi connectivity index (χ4n) is 1.17. The molecule has 10 heteroatoms. The zero-order valence-electron chi connectivity index (χ0n) is 9.56. The van der Waals surface area contributed by atoms with Gasteiger partial charge in [0.05, 0.1) is 17.9 Å². The number of nitrogens with zero attached hydrogens (tertiary/aromatic N) is 3. The van der Waals surface area contributed by atoms with Crippen LogP contribution in [0.1, 0.15) is 16.3 Å². The summed E-state index contributed by atoms with van der Waals surface area (Å²) in [5.74, 6) is -0.873. The number of thiazole rings is 1. The predicted octanol–water partition coefficient (Wildman–Crippen LogP) is 0.741. The normalized spacial score (nSPS) is 11.2. The minimum Gasteiger partial charge on any atom is -0.476 e. The van der Waals surface area contributed by atoms with E-state index < -0.39 is 16.0 Å². The Labute approximate surface area is 112 Å². The molecule has 19 heavy (non-hydrogen) atoms. The van der Waals surface area contributed by atoms with Gasteiger partial charge >= 0.3 is 5.97 Å². The summed E-state index contributed by atoms with van der Waals surface area (Å²) in [6.07, 6.45) is 2.29. The minimum absolute atomic E-state index is 0.0620. The lowest BCUT2D eigenvalue weighted by Crippen LogP contribution is -2.15. The third-order valence-corrected chi connectivity index (χ3v) is 4.24. The second kappa shape index (κ2) is 4.90. The van der Waals surface area contributed by atoms with Gasteiger partial charge in [-0.25, -0.2) is 28.2 Å². The van der Waals surface area contributed by atoms with Gasteiger partial charge < -0.3 is 5.11 Å². The van der Waals surface area contributed by atoms with Crippen molar-refractivity contribution in [3.63, 3.8) is 0 Å². The van der Waals surface area contributed by atoms with Crippen molar-refractivity contribution in [1.29, 1.82) is 0 Å². The Balaban J connectivity index is 2.34. The third-order valence-electron chi connectivity index (χ3n) is 2.06. The van der Waals surface area contributed by atoms with Gasteiger partial charge in [0.25, 0.3) is 10.0 Å². The Hall–Kier alpha value is -2.07. The van der Waals surface area contributed by atoms with Crippen molar-refractivity contribution in [2.75, 3.05) is 4.72 Å². The van der Waals surface area contributed by atoms with Crippen LogP contribution in [0.15, 0.2) is 22.8 Å². The molecule has 100 valence electrons. The quantitative estimate of drug-likeness (QED) is 0.853. The lowest BCUT2D eigenvalue weighted by molar-refractivity contribution is 0.0692. The van der Waals surface area contributed by atoms with Crippen LogP contribution in [0.3, 0.4) is 0 Å². The van der Waals surface area contributed by atoms with E-state index in [1.807, 2.05) is 0 Å². The number of aromatic nitrogens is 3. The summed E-state index contributed by atoms with van der Waals surface area (Å²) in [6, 6.07) is 0. The van der Waals surface area contributed by atoms with E-state index in [4.69, 9.17) is 5.11 Å². The van der Waals surface area contributed by atoms with Crippen LogP contribution in [-0.4, -0.2) is 34.4 Å². The first-order chi connectivity index (χ1) is 8.90. The zero-order chi connectivity index (χ0) is 14.0. The summed E-state index contributed by atoms with van der Waals surface area (Å²) in [7, 11) is -3.92. The fraction of sp³-hybridized carbons (Fsp3) is 0.111.